The number of carbonyl (C=O) groups excluding carboxylic acids is 1. The SMILES string of the molecule is CC1CCCN(C(=O)NCC(C)S(C)=O)C1. The third-order valence-electron chi connectivity index (χ3n) is 3.05. The summed E-state index contributed by atoms with van der Waals surface area (Å²) in [6, 6.07) is -0.0103. The fourth-order valence-electron chi connectivity index (χ4n) is 1.83. The van der Waals surface area contributed by atoms with Gasteiger partial charge in [-0.1, -0.05) is 6.92 Å². The van der Waals surface area contributed by atoms with E-state index >= 15 is 0 Å². The average molecular weight is 246 g/mol. The van der Waals surface area contributed by atoms with Crippen LogP contribution in [0.4, 0.5) is 4.79 Å². The monoisotopic (exact) mass is 246 g/mol. The van der Waals surface area contributed by atoms with Crippen LogP contribution < -0.4 is 5.32 Å². The van der Waals surface area contributed by atoms with Gasteiger partial charge in [0.1, 0.15) is 0 Å². The minimum atomic E-state index is -0.872. The van der Waals surface area contributed by atoms with Crippen molar-refractivity contribution in [3.05, 3.63) is 0 Å². The van der Waals surface area contributed by atoms with Crippen LogP contribution in [0.3, 0.4) is 0 Å². The van der Waals surface area contributed by atoms with E-state index < -0.39 is 10.8 Å². The van der Waals surface area contributed by atoms with E-state index in [1.54, 1.807) is 6.26 Å². The topological polar surface area (TPSA) is 49.4 Å². The molecule has 0 aromatic heterocycles. The first-order chi connectivity index (χ1) is 7.50. The highest BCUT2D eigenvalue weighted by atomic mass is 32.2. The molecular formula is C11H22N2O2S. The molecule has 1 N–H and O–H groups in total. The maximum absolute atomic E-state index is 11.8. The maximum atomic E-state index is 11.8. The minimum absolute atomic E-state index is 0.0103. The van der Waals surface area contributed by atoms with Crippen LogP contribution in [0.5, 0.6) is 0 Å². The predicted molar refractivity (Wildman–Crippen MR) is 66.9 cm³/mol. The van der Waals surface area contributed by atoms with Crippen molar-refractivity contribution in [1.82, 2.24) is 10.2 Å². The first-order valence-corrected chi connectivity index (χ1v) is 7.48. The Labute approximate surface area is 100 Å². The molecule has 1 aliphatic heterocycles. The standard InChI is InChI=1S/C11H22N2O2S/c1-9-5-4-6-13(8-9)11(14)12-7-10(2)16(3)15/h9-10H,4-8H2,1-3H3,(H,12,14). The summed E-state index contributed by atoms with van der Waals surface area (Å²) in [7, 11) is -0.872. The lowest BCUT2D eigenvalue weighted by atomic mass is 10.0. The number of likely N-dealkylation sites (tertiary alicyclic amines) is 1. The summed E-state index contributed by atoms with van der Waals surface area (Å²) < 4.78 is 11.1. The zero-order valence-electron chi connectivity index (χ0n) is 10.4. The highest BCUT2D eigenvalue weighted by Gasteiger charge is 2.21. The van der Waals surface area contributed by atoms with Gasteiger partial charge in [0.05, 0.1) is 0 Å². The van der Waals surface area contributed by atoms with Gasteiger partial charge < -0.3 is 10.2 Å². The Bertz CT molecular complexity index is 271. The second-order valence-electron chi connectivity index (χ2n) is 4.69. The molecular weight excluding hydrogens is 224 g/mol. The van der Waals surface area contributed by atoms with Crippen molar-refractivity contribution in [1.29, 1.82) is 0 Å². The van der Waals surface area contributed by atoms with Gasteiger partial charge in [-0.15, -0.1) is 0 Å². The lowest BCUT2D eigenvalue weighted by Gasteiger charge is -2.31. The van der Waals surface area contributed by atoms with Crippen LogP contribution in [0.15, 0.2) is 0 Å². The van der Waals surface area contributed by atoms with Crippen molar-refractivity contribution < 1.29 is 9.00 Å². The summed E-state index contributed by atoms with van der Waals surface area (Å²) in [6.45, 7) is 6.24. The number of piperidine rings is 1. The van der Waals surface area contributed by atoms with Crippen LogP contribution in [0.2, 0.25) is 0 Å². The van der Waals surface area contributed by atoms with Gasteiger partial charge in [-0.2, -0.15) is 0 Å². The molecule has 0 aromatic carbocycles. The molecule has 1 saturated heterocycles. The summed E-state index contributed by atoms with van der Waals surface area (Å²) in [5.41, 5.74) is 0. The van der Waals surface area contributed by atoms with E-state index in [2.05, 4.69) is 12.2 Å². The van der Waals surface area contributed by atoms with Crippen LogP contribution in [0.1, 0.15) is 26.7 Å². The van der Waals surface area contributed by atoms with Crippen LogP contribution >= 0.6 is 0 Å². The van der Waals surface area contributed by atoms with E-state index in [0.29, 0.717) is 12.5 Å². The molecule has 0 spiro atoms. The summed E-state index contributed by atoms with van der Waals surface area (Å²) in [4.78, 5) is 13.6. The highest BCUT2D eigenvalue weighted by Crippen LogP contribution is 2.15. The van der Waals surface area contributed by atoms with E-state index in [9.17, 15) is 9.00 Å². The summed E-state index contributed by atoms with van der Waals surface area (Å²) >= 11 is 0. The number of hydrogen-bond acceptors (Lipinski definition) is 2. The number of nitrogens with zero attached hydrogens (tertiary/aromatic N) is 1. The Morgan fingerprint density at radius 1 is 1.62 bits per heavy atom. The van der Waals surface area contributed by atoms with Crippen molar-refractivity contribution in [3.63, 3.8) is 0 Å². The van der Waals surface area contributed by atoms with Crippen LogP contribution in [0, 0.1) is 5.92 Å². The number of nitrogens with one attached hydrogen (secondary N) is 1. The summed E-state index contributed by atoms with van der Waals surface area (Å²) in [5, 5.41) is 2.87. The van der Waals surface area contributed by atoms with Gasteiger partial charge >= 0.3 is 6.03 Å². The Morgan fingerprint density at radius 3 is 2.88 bits per heavy atom. The Balaban J connectivity index is 2.31. The van der Waals surface area contributed by atoms with E-state index in [4.69, 9.17) is 0 Å². The number of urea groups is 1. The Kier molecular flexibility index (Phi) is 5.25. The zero-order valence-corrected chi connectivity index (χ0v) is 11.2. The first kappa shape index (κ1) is 13.5. The van der Waals surface area contributed by atoms with Gasteiger partial charge in [0.25, 0.3) is 0 Å². The molecule has 0 radical (unpaired) electrons. The summed E-state index contributed by atoms with van der Waals surface area (Å²) in [6.07, 6.45) is 3.96. The lowest BCUT2D eigenvalue weighted by Crippen LogP contribution is -2.46. The van der Waals surface area contributed by atoms with Crippen molar-refractivity contribution >= 4 is 16.8 Å². The van der Waals surface area contributed by atoms with Gasteiger partial charge in [0.15, 0.2) is 0 Å². The highest BCUT2D eigenvalue weighted by molar-refractivity contribution is 7.84. The molecule has 4 nitrogen and oxygen atoms in total. The van der Waals surface area contributed by atoms with Crippen molar-refractivity contribution in [2.75, 3.05) is 25.9 Å². The lowest BCUT2D eigenvalue weighted by molar-refractivity contribution is 0.170. The van der Waals surface area contributed by atoms with E-state index in [0.717, 1.165) is 19.5 Å². The third kappa shape index (κ3) is 4.12. The molecule has 5 heteroatoms. The zero-order chi connectivity index (χ0) is 12.1. The molecule has 0 bridgehead atoms. The van der Waals surface area contributed by atoms with Crippen molar-refractivity contribution in [2.45, 2.75) is 31.9 Å². The molecule has 0 aliphatic carbocycles. The molecule has 3 atom stereocenters. The van der Waals surface area contributed by atoms with Gasteiger partial charge in [-0.3, -0.25) is 4.21 Å². The molecule has 0 saturated carbocycles. The molecule has 0 aromatic rings. The van der Waals surface area contributed by atoms with Crippen LogP contribution in [-0.4, -0.2) is 46.3 Å². The molecule has 94 valence electrons. The van der Waals surface area contributed by atoms with Crippen molar-refractivity contribution in [3.8, 4) is 0 Å². The van der Waals surface area contributed by atoms with Crippen LogP contribution in [0.25, 0.3) is 0 Å². The third-order valence-corrected chi connectivity index (χ3v) is 4.35. The second kappa shape index (κ2) is 6.23. The molecule has 16 heavy (non-hydrogen) atoms. The summed E-state index contributed by atoms with van der Waals surface area (Å²) in [5.74, 6) is 0.595. The molecule has 1 rings (SSSR count). The smallest absolute Gasteiger partial charge is 0.317 e. The van der Waals surface area contributed by atoms with Gasteiger partial charge in [0, 0.05) is 41.9 Å². The molecule has 1 fully saturated rings. The molecule has 1 heterocycles. The normalized spacial score (nSPS) is 24.9. The fraction of sp³-hybridized carbons (Fsp3) is 0.909. The minimum Gasteiger partial charge on any atom is -0.337 e. The van der Waals surface area contributed by atoms with Crippen molar-refractivity contribution in [2.24, 2.45) is 5.92 Å². The number of amides is 2. The quantitative estimate of drug-likeness (QED) is 0.813. The predicted octanol–water partition coefficient (Wildman–Crippen LogP) is 1.19. The number of rotatable bonds is 3. The first-order valence-electron chi connectivity index (χ1n) is 5.85. The van der Waals surface area contributed by atoms with Crippen LogP contribution in [-0.2, 0) is 10.8 Å². The average Bonchev–Trinajstić information content (AvgIpc) is 2.25. The van der Waals surface area contributed by atoms with Gasteiger partial charge in [0.2, 0.25) is 0 Å². The van der Waals surface area contributed by atoms with E-state index in [1.807, 2.05) is 11.8 Å². The largest absolute Gasteiger partial charge is 0.337 e. The second-order valence-corrected chi connectivity index (χ2v) is 6.49. The van der Waals surface area contributed by atoms with E-state index in [1.165, 1.54) is 6.42 Å². The number of hydrogen-bond donors (Lipinski definition) is 1. The molecule has 2 amide bonds. The fourth-order valence-corrected chi connectivity index (χ4v) is 2.15. The van der Waals surface area contributed by atoms with Gasteiger partial charge in [-0.05, 0) is 25.7 Å². The molecule has 1 aliphatic rings. The Morgan fingerprint density at radius 2 is 2.31 bits per heavy atom. The maximum Gasteiger partial charge on any atom is 0.317 e. The molecule has 3 unspecified atom stereocenters. The van der Waals surface area contributed by atoms with Gasteiger partial charge in [-0.25, -0.2) is 4.79 Å². The number of carbonyl (C=O) groups is 1. The Hall–Kier alpha value is -0.580. The van der Waals surface area contributed by atoms with E-state index in [-0.39, 0.29) is 11.3 Å².